The lowest BCUT2D eigenvalue weighted by atomic mass is 10.1. The Hall–Kier alpha value is -2.61. The quantitative estimate of drug-likeness (QED) is 0.360. The number of nitrogens with zero attached hydrogens (tertiary/aromatic N) is 1. The molecule has 1 aromatic carbocycles. The van der Waals surface area contributed by atoms with Gasteiger partial charge in [0.05, 0.1) is 6.10 Å². The topological polar surface area (TPSA) is 76.4 Å². The van der Waals surface area contributed by atoms with E-state index in [0.29, 0.717) is 17.7 Å². The average molecular weight is 287 g/mol. The maximum atomic E-state index is 11.8. The molecule has 0 radical (unpaired) electrons. The van der Waals surface area contributed by atoms with Crippen LogP contribution in [0.1, 0.15) is 32.8 Å². The maximum absolute atomic E-state index is 11.8. The first-order valence-electron chi connectivity index (χ1n) is 6.57. The van der Waals surface area contributed by atoms with E-state index in [-0.39, 0.29) is 11.7 Å². The molecule has 1 unspecified atom stereocenters. The summed E-state index contributed by atoms with van der Waals surface area (Å²) in [5, 5.41) is 9.03. The number of nitriles is 1. The van der Waals surface area contributed by atoms with Crippen LogP contribution in [-0.4, -0.2) is 18.0 Å². The van der Waals surface area contributed by atoms with Crippen molar-refractivity contribution < 1.29 is 19.1 Å². The first kappa shape index (κ1) is 16.4. The molecule has 0 saturated heterocycles. The van der Waals surface area contributed by atoms with Crippen molar-refractivity contribution in [2.75, 3.05) is 0 Å². The van der Waals surface area contributed by atoms with Gasteiger partial charge in [-0.15, -0.1) is 0 Å². The summed E-state index contributed by atoms with van der Waals surface area (Å²) < 4.78 is 10.0. The third-order valence-electron chi connectivity index (χ3n) is 2.68. The van der Waals surface area contributed by atoms with Gasteiger partial charge < -0.3 is 9.47 Å². The van der Waals surface area contributed by atoms with E-state index in [1.807, 2.05) is 13.0 Å². The van der Waals surface area contributed by atoms with Gasteiger partial charge in [0.25, 0.3) is 0 Å². The first-order valence-corrected chi connectivity index (χ1v) is 6.57. The summed E-state index contributed by atoms with van der Waals surface area (Å²) in [6.45, 7) is 4.97. The second-order valence-electron chi connectivity index (χ2n) is 4.46. The Morgan fingerprint density at radius 2 is 1.95 bits per heavy atom. The largest absolute Gasteiger partial charge is 0.459 e. The van der Waals surface area contributed by atoms with Crippen LogP contribution in [0.15, 0.2) is 29.8 Å². The molecule has 0 fully saturated rings. The zero-order chi connectivity index (χ0) is 15.8. The van der Waals surface area contributed by atoms with Gasteiger partial charge in [0, 0.05) is 6.92 Å². The normalized spacial score (nSPS) is 12.2. The lowest BCUT2D eigenvalue weighted by Gasteiger charge is -2.09. The van der Waals surface area contributed by atoms with E-state index in [1.54, 1.807) is 31.2 Å². The predicted molar refractivity (Wildman–Crippen MR) is 77.2 cm³/mol. The third kappa shape index (κ3) is 5.49. The van der Waals surface area contributed by atoms with E-state index in [2.05, 4.69) is 0 Å². The van der Waals surface area contributed by atoms with Crippen LogP contribution in [0.5, 0.6) is 5.75 Å². The van der Waals surface area contributed by atoms with Gasteiger partial charge >= 0.3 is 11.9 Å². The highest BCUT2D eigenvalue weighted by atomic mass is 16.5. The highest BCUT2D eigenvalue weighted by molar-refractivity contribution is 5.98. The molecule has 0 spiro atoms. The summed E-state index contributed by atoms with van der Waals surface area (Å²) in [5.41, 5.74) is 0.569. The number of benzene rings is 1. The molecule has 0 heterocycles. The Bertz CT molecular complexity index is 581. The van der Waals surface area contributed by atoms with Crippen LogP contribution < -0.4 is 4.74 Å². The molecule has 1 aromatic rings. The van der Waals surface area contributed by atoms with Crippen LogP contribution >= 0.6 is 0 Å². The van der Waals surface area contributed by atoms with Crippen molar-refractivity contribution in [1.82, 2.24) is 0 Å². The van der Waals surface area contributed by atoms with Crippen molar-refractivity contribution in [1.29, 1.82) is 5.26 Å². The average Bonchev–Trinajstić information content (AvgIpc) is 2.45. The molecule has 0 aliphatic carbocycles. The number of hydrogen-bond donors (Lipinski definition) is 0. The zero-order valence-electron chi connectivity index (χ0n) is 12.3. The SMILES string of the molecule is CCC(C)OC(=O)/C(C#N)=C/c1ccc(OC(C)=O)cc1. The van der Waals surface area contributed by atoms with Gasteiger partial charge in [-0.05, 0) is 37.1 Å². The van der Waals surface area contributed by atoms with Gasteiger partial charge in [-0.25, -0.2) is 4.79 Å². The number of hydrogen-bond acceptors (Lipinski definition) is 5. The highest BCUT2D eigenvalue weighted by Crippen LogP contribution is 2.15. The van der Waals surface area contributed by atoms with Crippen molar-refractivity contribution in [2.24, 2.45) is 0 Å². The van der Waals surface area contributed by atoms with Gasteiger partial charge in [-0.3, -0.25) is 4.79 Å². The molecular formula is C16H17NO4. The summed E-state index contributed by atoms with van der Waals surface area (Å²) in [7, 11) is 0. The lowest BCUT2D eigenvalue weighted by molar-refractivity contribution is -0.143. The molecule has 0 bridgehead atoms. The minimum absolute atomic E-state index is 0.0736. The third-order valence-corrected chi connectivity index (χ3v) is 2.68. The van der Waals surface area contributed by atoms with Gasteiger partial charge in [-0.1, -0.05) is 19.1 Å². The van der Waals surface area contributed by atoms with E-state index in [0.717, 1.165) is 0 Å². The van der Waals surface area contributed by atoms with Crippen LogP contribution in [-0.2, 0) is 14.3 Å². The van der Waals surface area contributed by atoms with Crippen molar-refractivity contribution in [3.05, 3.63) is 35.4 Å². The number of ether oxygens (including phenoxy) is 2. The van der Waals surface area contributed by atoms with E-state index in [4.69, 9.17) is 14.7 Å². The molecule has 0 saturated carbocycles. The molecule has 1 atom stereocenters. The second kappa shape index (κ2) is 7.85. The Morgan fingerprint density at radius 1 is 1.33 bits per heavy atom. The monoisotopic (exact) mass is 287 g/mol. The Balaban J connectivity index is 2.86. The fourth-order valence-corrected chi connectivity index (χ4v) is 1.43. The molecule has 0 aliphatic rings. The minimum atomic E-state index is -0.643. The second-order valence-corrected chi connectivity index (χ2v) is 4.46. The van der Waals surface area contributed by atoms with Crippen LogP contribution in [0.4, 0.5) is 0 Å². The van der Waals surface area contributed by atoms with E-state index in [1.165, 1.54) is 13.0 Å². The smallest absolute Gasteiger partial charge is 0.349 e. The maximum Gasteiger partial charge on any atom is 0.349 e. The Labute approximate surface area is 123 Å². The van der Waals surface area contributed by atoms with Gasteiger partial charge in [0.2, 0.25) is 0 Å². The predicted octanol–water partition coefficient (Wildman–Crippen LogP) is 2.86. The summed E-state index contributed by atoms with van der Waals surface area (Å²) in [5.74, 6) is -0.649. The molecule has 0 aromatic heterocycles. The molecule has 110 valence electrons. The molecule has 1 rings (SSSR count). The molecule has 5 nitrogen and oxygen atoms in total. The summed E-state index contributed by atoms with van der Waals surface area (Å²) >= 11 is 0. The zero-order valence-corrected chi connectivity index (χ0v) is 12.3. The molecule has 0 aliphatic heterocycles. The molecule has 5 heteroatoms. The van der Waals surface area contributed by atoms with Crippen molar-refractivity contribution in [2.45, 2.75) is 33.3 Å². The van der Waals surface area contributed by atoms with Crippen LogP contribution in [0.2, 0.25) is 0 Å². The number of esters is 2. The van der Waals surface area contributed by atoms with Gasteiger partial charge in [0.1, 0.15) is 17.4 Å². The lowest BCUT2D eigenvalue weighted by Crippen LogP contribution is -2.15. The van der Waals surface area contributed by atoms with Gasteiger partial charge in [0.15, 0.2) is 0 Å². The number of carbonyl (C=O) groups excluding carboxylic acids is 2. The molecular weight excluding hydrogens is 270 g/mol. The molecule has 0 N–H and O–H groups in total. The Kier molecular flexibility index (Phi) is 6.15. The summed E-state index contributed by atoms with van der Waals surface area (Å²) in [6.07, 6.45) is 1.88. The van der Waals surface area contributed by atoms with Crippen LogP contribution in [0.3, 0.4) is 0 Å². The van der Waals surface area contributed by atoms with Crippen molar-refractivity contribution in [3.8, 4) is 11.8 Å². The van der Waals surface area contributed by atoms with E-state index >= 15 is 0 Å². The Morgan fingerprint density at radius 3 is 2.43 bits per heavy atom. The van der Waals surface area contributed by atoms with E-state index in [9.17, 15) is 9.59 Å². The number of carbonyl (C=O) groups is 2. The highest BCUT2D eigenvalue weighted by Gasteiger charge is 2.13. The molecule has 0 amide bonds. The van der Waals surface area contributed by atoms with Crippen LogP contribution in [0.25, 0.3) is 6.08 Å². The minimum Gasteiger partial charge on any atom is -0.459 e. The van der Waals surface area contributed by atoms with Gasteiger partial charge in [-0.2, -0.15) is 5.26 Å². The summed E-state index contributed by atoms with van der Waals surface area (Å²) in [6, 6.07) is 8.29. The summed E-state index contributed by atoms with van der Waals surface area (Å²) in [4.78, 5) is 22.6. The van der Waals surface area contributed by atoms with E-state index < -0.39 is 11.9 Å². The molecule has 21 heavy (non-hydrogen) atoms. The van der Waals surface area contributed by atoms with Crippen LogP contribution in [0, 0.1) is 11.3 Å². The first-order chi connectivity index (χ1) is 9.96. The number of rotatable bonds is 5. The van der Waals surface area contributed by atoms with Crippen molar-refractivity contribution in [3.63, 3.8) is 0 Å². The fourth-order valence-electron chi connectivity index (χ4n) is 1.43. The van der Waals surface area contributed by atoms with Crippen molar-refractivity contribution >= 4 is 18.0 Å². The fraction of sp³-hybridized carbons (Fsp3) is 0.312. The standard InChI is InChI=1S/C16H17NO4/c1-4-11(2)20-16(19)14(10-17)9-13-5-7-15(8-6-13)21-12(3)18/h5-9,11H,4H2,1-3H3/b14-9+.